The third-order valence-electron chi connectivity index (χ3n) is 4.61. The third kappa shape index (κ3) is 10.5. The Labute approximate surface area is 175 Å². The fourth-order valence-electron chi connectivity index (χ4n) is 2.94. The number of likely N-dealkylation sites (N-methyl/N-ethyl adjacent to an activating group) is 1. The van der Waals surface area contributed by atoms with Crippen molar-refractivity contribution in [3.05, 3.63) is 29.8 Å². The fraction of sp³-hybridized carbons (Fsp3) is 0.682. The van der Waals surface area contributed by atoms with Crippen molar-refractivity contribution in [1.82, 2.24) is 15.5 Å². The smallest absolute Gasteiger partial charge is 0.191 e. The second kappa shape index (κ2) is 14.2. The second-order valence-electron chi connectivity index (χ2n) is 7.58. The minimum Gasteiger partial charge on any atom is -0.492 e. The highest BCUT2D eigenvalue weighted by atomic mass is 16.5. The number of hydrogen-bond acceptors (Lipinski definition) is 5. The Morgan fingerprint density at radius 2 is 2.17 bits per heavy atom. The number of nitrogens with one attached hydrogen (secondary N) is 2. The Balaban J connectivity index is 1.69. The normalized spacial score (nSPS) is 17.0. The van der Waals surface area contributed by atoms with Crippen LogP contribution >= 0.6 is 0 Å². The molecule has 0 amide bonds. The van der Waals surface area contributed by atoms with Gasteiger partial charge in [0, 0.05) is 38.8 Å². The number of aliphatic imine (C=N–C) groups is 1. The van der Waals surface area contributed by atoms with Gasteiger partial charge in [-0.25, -0.2) is 4.99 Å². The zero-order chi connectivity index (χ0) is 20.7. The lowest BCUT2D eigenvalue weighted by molar-refractivity contribution is 0.0888. The molecule has 0 bridgehead atoms. The summed E-state index contributed by atoms with van der Waals surface area (Å²) in [5.41, 5.74) is 1.13. The number of guanidine groups is 1. The SMILES string of the molecule is CCNC(=NCc1cccc(OCCN(C)C)c1)NCCCOCC1CCOC1. The number of ether oxygens (including phenoxy) is 3. The predicted molar refractivity (Wildman–Crippen MR) is 118 cm³/mol. The molecular formula is C22H38N4O3. The molecule has 7 nitrogen and oxygen atoms in total. The fourth-order valence-corrected chi connectivity index (χ4v) is 2.94. The minimum atomic E-state index is 0.574. The lowest BCUT2D eigenvalue weighted by Crippen LogP contribution is -2.38. The monoisotopic (exact) mass is 406 g/mol. The summed E-state index contributed by atoms with van der Waals surface area (Å²) < 4.78 is 16.9. The summed E-state index contributed by atoms with van der Waals surface area (Å²) in [5, 5.41) is 6.67. The van der Waals surface area contributed by atoms with E-state index in [1.54, 1.807) is 0 Å². The molecule has 1 aromatic rings. The molecule has 1 saturated heterocycles. The molecule has 1 aromatic carbocycles. The van der Waals surface area contributed by atoms with Gasteiger partial charge in [-0.15, -0.1) is 0 Å². The molecule has 1 aliphatic rings. The quantitative estimate of drug-likeness (QED) is 0.297. The molecule has 0 radical (unpaired) electrons. The van der Waals surface area contributed by atoms with E-state index in [2.05, 4.69) is 39.6 Å². The largest absolute Gasteiger partial charge is 0.492 e. The maximum Gasteiger partial charge on any atom is 0.191 e. The molecule has 1 aliphatic heterocycles. The summed E-state index contributed by atoms with van der Waals surface area (Å²) in [6.07, 6.45) is 2.07. The van der Waals surface area contributed by atoms with Crippen molar-refractivity contribution in [2.24, 2.45) is 10.9 Å². The Morgan fingerprint density at radius 3 is 2.93 bits per heavy atom. The van der Waals surface area contributed by atoms with E-state index in [4.69, 9.17) is 14.2 Å². The minimum absolute atomic E-state index is 0.574. The Kier molecular flexibility index (Phi) is 11.5. The number of nitrogens with zero attached hydrogens (tertiary/aromatic N) is 2. The van der Waals surface area contributed by atoms with Gasteiger partial charge in [-0.3, -0.25) is 0 Å². The van der Waals surface area contributed by atoms with Crippen LogP contribution in [0.3, 0.4) is 0 Å². The average molecular weight is 407 g/mol. The van der Waals surface area contributed by atoms with Gasteiger partial charge < -0.3 is 29.7 Å². The number of hydrogen-bond donors (Lipinski definition) is 2. The van der Waals surface area contributed by atoms with Crippen molar-refractivity contribution in [1.29, 1.82) is 0 Å². The molecule has 2 N–H and O–H groups in total. The Morgan fingerprint density at radius 1 is 1.28 bits per heavy atom. The van der Waals surface area contributed by atoms with E-state index in [-0.39, 0.29) is 0 Å². The van der Waals surface area contributed by atoms with Crippen molar-refractivity contribution >= 4 is 5.96 Å². The molecule has 29 heavy (non-hydrogen) atoms. The number of benzene rings is 1. The van der Waals surface area contributed by atoms with E-state index in [1.165, 1.54) is 0 Å². The van der Waals surface area contributed by atoms with Crippen LogP contribution in [0.25, 0.3) is 0 Å². The highest BCUT2D eigenvalue weighted by molar-refractivity contribution is 5.79. The van der Waals surface area contributed by atoms with Gasteiger partial charge in [-0.05, 0) is 51.6 Å². The lowest BCUT2D eigenvalue weighted by Gasteiger charge is -2.13. The van der Waals surface area contributed by atoms with Gasteiger partial charge in [0.25, 0.3) is 0 Å². The summed E-state index contributed by atoms with van der Waals surface area (Å²) in [6.45, 7) is 9.21. The van der Waals surface area contributed by atoms with Gasteiger partial charge in [0.1, 0.15) is 12.4 Å². The van der Waals surface area contributed by atoms with Crippen LogP contribution in [0.1, 0.15) is 25.3 Å². The maximum absolute atomic E-state index is 5.81. The average Bonchev–Trinajstić information content (AvgIpc) is 3.22. The van der Waals surface area contributed by atoms with Crippen molar-refractivity contribution < 1.29 is 14.2 Å². The standard InChI is InChI=1S/C22H38N4O3/c1-4-23-22(24-10-6-12-27-17-20-9-13-28-18-20)25-16-19-7-5-8-21(15-19)29-14-11-26(2)3/h5,7-8,15,20H,4,6,9-14,16-18H2,1-3H3,(H2,23,24,25). The first kappa shape index (κ1) is 23.4. The van der Waals surface area contributed by atoms with Crippen molar-refractivity contribution in [3.63, 3.8) is 0 Å². The van der Waals surface area contributed by atoms with Crippen LogP contribution in [-0.2, 0) is 16.0 Å². The molecular weight excluding hydrogens is 368 g/mol. The van der Waals surface area contributed by atoms with Gasteiger partial charge in [-0.1, -0.05) is 12.1 Å². The van der Waals surface area contributed by atoms with Crippen LogP contribution < -0.4 is 15.4 Å². The Hall–Kier alpha value is -1.83. The summed E-state index contributed by atoms with van der Waals surface area (Å²) in [6, 6.07) is 8.14. The van der Waals surface area contributed by atoms with E-state index in [0.29, 0.717) is 19.1 Å². The molecule has 1 heterocycles. The van der Waals surface area contributed by atoms with Gasteiger partial charge >= 0.3 is 0 Å². The van der Waals surface area contributed by atoms with Crippen LogP contribution in [-0.4, -0.2) is 77.6 Å². The van der Waals surface area contributed by atoms with Crippen molar-refractivity contribution in [2.45, 2.75) is 26.3 Å². The van der Waals surface area contributed by atoms with Crippen LogP contribution in [0, 0.1) is 5.92 Å². The molecule has 0 saturated carbocycles. The van der Waals surface area contributed by atoms with Gasteiger partial charge in [-0.2, -0.15) is 0 Å². The predicted octanol–water partition coefficient (Wildman–Crippen LogP) is 2.13. The van der Waals surface area contributed by atoms with Crippen molar-refractivity contribution in [2.75, 3.05) is 66.8 Å². The highest BCUT2D eigenvalue weighted by Crippen LogP contribution is 2.14. The molecule has 1 atom stereocenters. The molecule has 164 valence electrons. The van der Waals surface area contributed by atoms with E-state index >= 15 is 0 Å². The molecule has 0 aromatic heterocycles. The van der Waals surface area contributed by atoms with Crippen LogP contribution in [0.4, 0.5) is 0 Å². The molecule has 2 rings (SSSR count). The van der Waals surface area contributed by atoms with Crippen LogP contribution in [0.5, 0.6) is 5.75 Å². The van der Waals surface area contributed by atoms with Crippen molar-refractivity contribution in [3.8, 4) is 5.75 Å². The van der Waals surface area contributed by atoms with Crippen LogP contribution in [0.15, 0.2) is 29.3 Å². The van der Waals surface area contributed by atoms with Gasteiger partial charge in [0.2, 0.25) is 0 Å². The summed E-state index contributed by atoms with van der Waals surface area (Å²) >= 11 is 0. The molecule has 0 aliphatic carbocycles. The Bertz CT molecular complexity index is 589. The molecule has 1 fully saturated rings. The summed E-state index contributed by atoms with van der Waals surface area (Å²) in [7, 11) is 4.08. The molecule has 0 spiro atoms. The van der Waals surface area contributed by atoms with Crippen LogP contribution in [0.2, 0.25) is 0 Å². The first-order chi connectivity index (χ1) is 14.2. The highest BCUT2D eigenvalue weighted by Gasteiger charge is 2.15. The third-order valence-corrected chi connectivity index (χ3v) is 4.61. The van der Waals surface area contributed by atoms with E-state index in [1.807, 2.05) is 26.2 Å². The van der Waals surface area contributed by atoms with Gasteiger partial charge in [0.05, 0.1) is 19.8 Å². The van der Waals surface area contributed by atoms with E-state index in [9.17, 15) is 0 Å². The van der Waals surface area contributed by atoms with E-state index in [0.717, 1.165) is 76.2 Å². The first-order valence-corrected chi connectivity index (χ1v) is 10.7. The first-order valence-electron chi connectivity index (χ1n) is 10.7. The van der Waals surface area contributed by atoms with E-state index < -0.39 is 0 Å². The second-order valence-corrected chi connectivity index (χ2v) is 7.58. The molecule has 1 unspecified atom stereocenters. The maximum atomic E-state index is 5.81. The zero-order valence-corrected chi connectivity index (χ0v) is 18.3. The molecule has 7 heteroatoms. The van der Waals surface area contributed by atoms with Gasteiger partial charge in [0.15, 0.2) is 5.96 Å². The number of rotatable bonds is 13. The zero-order valence-electron chi connectivity index (χ0n) is 18.3. The topological polar surface area (TPSA) is 67.4 Å². The summed E-state index contributed by atoms with van der Waals surface area (Å²) in [5.74, 6) is 2.29. The summed E-state index contributed by atoms with van der Waals surface area (Å²) in [4.78, 5) is 6.80. The lowest BCUT2D eigenvalue weighted by atomic mass is 10.1.